The molecular weight excluding hydrogens is 109 g/mol. The Hall–Kier alpha value is -0.785. The summed E-state index contributed by atoms with van der Waals surface area (Å²) in [5.74, 6) is 0. The zero-order valence-electron chi connectivity index (χ0n) is 5.89. The molecular formula is C7H10BN. The van der Waals surface area contributed by atoms with Crippen LogP contribution in [0.25, 0.3) is 0 Å². The van der Waals surface area contributed by atoms with Gasteiger partial charge in [0.15, 0.2) is 7.28 Å². The van der Waals surface area contributed by atoms with E-state index in [1.165, 1.54) is 11.2 Å². The highest BCUT2D eigenvalue weighted by Crippen LogP contribution is 1.87. The molecule has 9 heavy (non-hydrogen) atoms. The van der Waals surface area contributed by atoms with Crippen molar-refractivity contribution in [2.75, 3.05) is 0 Å². The monoisotopic (exact) mass is 119 g/mol. The summed E-state index contributed by atoms with van der Waals surface area (Å²) in [4.78, 5) is 4.20. The second-order valence-electron chi connectivity index (χ2n) is 2.18. The highest BCUT2D eigenvalue weighted by molar-refractivity contribution is 6.50. The number of aryl methyl sites for hydroxylation is 1. The van der Waals surface area contributed by atoms with Gasteiger partial charge in [0.1, 0.15) is 0 Å². The van der Waals surface area contributed by atoms with Gasteiger partial charge < -0.3 is 0 Å². The maximum absolute atomic E-state index is 4.20. The SMILES string of the molecule is CBc1ccc(C)cn1. The second-order valence-corrected chi connectivity index (χ2v) is 2.18. The maximum atomic E-state index is 4.20. The molecule has 0 unspecified atom stereocenters. The van der Waals surface area contributed by atoms with E-state index in [0.717, 1.165) is 7.28 Å². The zero-order valence-corrected chi connectivity index (χ0v) is 5.89. The van der Waals surface area contributed by atoms with Crippen LogP contribution in [0.3, 0.4) is 0 Å². The number of hydrogen-bond donors (Lipinski definition) is 0. The van der Waals surface area contributed by atoms with Crippen LogP contribution in [0.15, 0.2) is 18.3 Å². The van der Waals surface area contributed by atoms with Crippen molar-refractivity contribution in [3.63, 3.8) is 0 Å². The molecule has 1 rings (SSSR count). The van der Waals surface area contributed by atoms with Crippen molar-refractivity contribution in [2.45, 2.75) is 13.7 Å². The van der Waals surface area contributed by atoms with E-state index in [9.17, 15) is 0 Å². The molecule has 0 fully saturated rings. The lowest BCUT2D eigenvalue weighted by atomic mass is 9.77. The predicted octanol–water partition coefficient (Wildman–Crippen LogP) is 0.500. The third-order valence-electron chi connectivity index (χ3n) is 1.33. The van der Waals surface area contributed by atoms with Crippen molar-refractivity contribution in [3.05, 3.63) is 23.9 Å². The van der Waals surface area contributed by atoms with Crippen molar-refractivity contribution in [1.29, 1.82) is 0 Å². The topological polar surface area (TPSA) is 12.9 Å². The Morgan fingerprint density at radius 1 is 1.44 bits per heavy atom. The third kappa shape index (κ3) is 1.56. The smallest absolute Gasteiger partial charge is 0.179 e. The summed E-state index contributed by atoms with van der Waals surface area (Å²) >= 11 is 0. The van der Waals surface area contributed by atoms with Crippen LogP contribution < -0.4 is 5.59 Å². The molecule has 1 aromatic rings. The molecule has 0 aromatic carbocycles. The standard InChI is InChI=1S/C7H10BN/c1-6-3-4-7(8-2)9-5-6/h3-5,8H,1-2H3. The van der Waals surface area contributed by atoms with Gasteiger partial charge in [-0.2, -0.15) is 0 Å². The molecule has 1 nitrogen and oxygen atoms in total. The Morgan fingerprint density at radius 2 is 2.22 bits per heavy atom. The van der Waals surface area contributed by atoms with Gasteiger partial charge in [0.2, 0.25) is 0 Å². The Balaban J connectivity index is 2.88. The minimum absolute atomic E-state index is 1.03. The average molecular weight is 119 g/mol. The lowest BCUT2D eigenvalue weighted by molar-refractivity contribution is 1.31. The van der Waals surface area contributed by atoms with Gasteiger partial charge in [-0.15, -0.1) is 0 Å². The van der Waals surface area contributed by atoms with Crippen LogP contribution in [0, 0.1) is 6.92 Å². The highest BCUT2D eigenvalue weighted by Gasteiger charge is 1.88. The van der Waals surface area contributed by atoms with Crippen molar-refractivity contribution in [2.24, 2.45) is 0 Å². The van der Waals surface area contributed by atoms with E-state index < -0.39 is 0 Å². The van der Waals surface area contributed by atoms with Crippen molar-refractivity contribution < 1.29 is 0 Å². The van der Waals surface area contributed by atoms with E-state index in [2.05, 4.69) is 23.9 Å². The Kier molecular flexibility index (Phi) is 1.88. The summed E-state index contributed by atoms with van der Waals surface area (Å²) in [5, 5.41) is 0. The molecule has 1 aromatic heterocycles. The molecule has 46 valence electrons. The quantitative estimate of drug-likeness (QED) is 0.490. The molecule has 1 heterocycles. The molecule has 0 radical (unpaired) electrons. The normalized spacial score (nSPS) is 9.11. The van der Waals surface area contributed by atoms with Gasteiger partial charge in [-0.25, -0.2) is 0 Å². The predicted molar refractivity (Wildman–Crippen MR) is 41.6 cm³/mol. The van der Waals surface area contributed by atoms with Crippen LogP contribution in [0.4, 0.5) is 0 Å². The lowest BCUT2D eigenvalue weighted by Crippen LogP contribution is -2.13. The van der Waals surface area contributed by atoms with Gasteiger partial charge in [0.25, 0.3) is 0 Å². The molecule has 0 aliphatic carbocycles. The van der Waals surface area contributed by atoms with Crippen LogP contribution >= 0.6 is 0 Å². The minimum Gasteiger partial charge on any atom is -0.271 e. The third-order valence-corrected chi connectivity index (χ3v) is 1.33. The van der Waals surface area contributed by atoms with Crippen LogP contribution in [0.1, 0.15) is 5.56 Å². The first-order chi connectivity index (χ1) is 4.33. The highest BCUT2D eigenvalue weighted by atomic mass is 14.6. The van der Waals surface area contributed by atoms with Crippen molar-refractivity contribution >= 4 is 12.9 Å². The average Bonchev–Trinajstić information content (AvgIpc) is 1.90. The van der Waals surface area contributed by atoms with Gasteiger partial charge in [-0.05, 0) is 18.1 Å². The molecule has 0 aliphatic heterocycles. The number of pyridine rings is 1. The summed E-state index contributed by atoms with van der Waals surface area (Å²) in [6.07, 6.45) is 1.90. The molecule has 0 atom stereocenters. The van der Waals surface area contributed by atoms with Gasteiger partial charge >= 0.3 is 0 Å². The first-order valence-electron chi connectivity index (χ1n) is 3.24. The Bertz CT molecular complexity index is 181. The van der Waals surface area contributed by atoms with Gasteiger partial charge in [0, 0.05) is 6.20 Å². The fourth-order valence-electron chi connectivity index (χ4n) is 0.708. The Labute approximate surface area is 56.4 Å². The molecule has 0 N–H and O–H groups in total. The largest absolute Gasteiger partial charge is 0.271 e. The summed E-state index contributed by atoms with van der Waals surface area (Å²) in [5.41, 5.74) is 2.40. The van der Waals surface area contributed by atoms with Gasteiger partial charge in [0.05, 0.1) is 0 Å². The molecule has 0 bridgehead atoms. The fraction of sp³-hybridized carbons (Fsp3) is 0.286. The van der Waals surface area contributed by atoms with E-state index >= 15 is 0 Å². The number of aromatic nitrogens is 1. The summed E-state index contributed by atoms with van der Waals surface area (Å²) in [6.45, 7) is 4.16. The fourth-order valence-corrected chi connectivity index (χ4v) is 0.708. The molecule has 0 amide bonds. The number of rotatable bonds is 1. The number of hydrogen-bond acceptors (Lipinski definition) is 1. The number of nitrogens with zero attached hydrogens (tertiary/aromatic N) is 1. The van der Waals surface area contributed by atoms with E-state index in [-0.39, 0.29) is 0 Å². The lowest BCUT2D eigenvalue weighted by Gasteiger charge is -1.92. The molecule has 2 heteroatoms. The van der Waals surface area contributed by atoms with Crippen molar-refractivity contribution in [3.8, 4) is 0 Å². The van der Waals surface area contributed by atoms with E-state index in [1.807, 2.05) is 13.1 Å². The first-order valence-corrected chi connectivity index (χ1v) is 3.24. The first kappa shape index (κ1) is 6.34. The molecule has 0 spiro atoms. The van der Waals surface area contributed by atoms with E-state index in [4.69, 9.17) is 0 Å². The summed E-state index contributed by atoms with van der Waals surface area (Å²) in [7, 11) is 1.03. The van der Waals surface area contributed by atoms with Crippen LogP contribution in [0.2, 0.25) is 6.82 Å². The molecule has 0 saturated heterocycles. The van der Waals surface area contributed by atoms with Crippen LogP contribution in [-0.4, -0.2) is 12.3 Å². The summed E-state index contributed by atoms with van der Waals surface area (Å²) < 4.78 is 0. The van der Waals surface area contributed by atoms with E-state index in [0.29, 0.717) is 0 Å². The maximum Gasteiger partial charge on any atom is 0.179 e. The van der Waals surface area contributed by atoms with Crippen molar-refractivity contribution in [1.82, 2.24) is 4.98 Å². The second kappa shape index (κ2) is 2.67. The van der Waals surface area contributed by atoms with Gasteiger partial charge in [-0.3, -0.25) is 4.98 Å². The Morgan fingerprint density at radius 3 is 2.67 bits per heavy atom. The van der Waals surface area contributed by atoms with Gasteiger partial charge in [-0.1, -0.05) is 19.0 Å². The summed E-state index contributed by atoms with van der Waals surface area (Å²) in [6, 6.07) is 4.15. The molecule has 0 saturated carbocycles. The minimum atomic E-state index is 1.03. The zero-order chi connectivity index (χ0) is 6.69. The molecule has 0 aliphatic rings. The van der Waals surface area contributed by atoms with Crippen LogP contribution in [-0.2, 0) is 0 Å². The van der Waals surface area contributed by atoms with E-state index in [1.54, 1.807) is 0 Å². The van der Waals surface area contributed by atoms with Crippen LogP contribution in [0.5, 0.6) is 0 Å².